The Hall–Kier alpha value is -4.17. The van der Waals surface area contributed by atoms with Gasteiger partial charge in [0.15, 0.2) is 0 Å². The largest absolute Gasteiger partial charge is 0.455 e. The van der Waals surface area contributed by atoms with E-state index in [-0.39, 0.29) is 22.3 Å². The number of furan rings is 1. The maximum atomic E-state index is 8.92. The molecule has 2 nitrogen and oxygen atoms in total. The minimum Gasteiger partial charge on any atom is -0.455 e. The molecule has 38 heavy (non-hydrogen) atoms. The first-order chi connectivity index (χ1) is 21.5. The summed E-state index contributed by atoms with van der Waals surface area (Å²) in [4.78, 5) is 4.46. The highest BCUT2D eigenvalue weighted by Crippen LogP contribution is 2.40. The zero-order valence-corrected chi connectivity index (χ0v) is 21.6. The summed E-state index contributed by atoms with van der Waals surface area (Å²) in [6.07, 6.45) is -0.788. The third-order valence-electron chi connectivity index (χ3n) is 6.66. The number of aromatic nitrogens is 1. The molecule has 0 N–H and O–H groups in total. The van der Waals surface area contributed by atoms with Crippen molar-refractivity contribution in [2.45, 2.75) is 40.8 Å². The summed E-state index contributed by atoms with van der Waals surface area (Å²) in [5.74, 6) is 0. The number of fused-ring (bicyclic) bond motifs is 3. The van der Waals surface area contributed by atoms with Gasteiger partial charge in [0.25, 0.3) is 0 Å². The van der Waals surface area contributed by atoms with Crippen LogP contribution in [0.15, 0.2) is 102 Å². The van der Waals surface area contributed by atoms with E-state index in [4.69, 9.17) is 15.4 Å². The van der Waals surface area contributed by atoms with Crippen molar-refractivity contribution in [3.8, 4) is 33.5 Å². The zero-order valence-electron chi connectivity index (χ0n) is 29.6. The molecule has 6 aromatic rings. The molecule has 0 saturated heterocycles. The number of rotatable bonds is 4. The molecular formula is C36H33NO. The summed E-state index contributed by atoms with van der Waals surface area (Å²) in [5.41, 5.74) is 3.85. The molecule has 4 aromatic carbocycles. The number of nitrogens with zero attached hydrogens (tertiary/aromatic N) is 1. The van der Waals surface area contributed by atoms with Gasteiger partial charge in [-0.05, 0) is 77.1 Å². The average Bonchev–Trinajstić information content (AvgIpc) is 3.38. The third kappa shape index (κ3) is 4.41. The van der Waals surface area contributed by atoms with Gasteiger partial charge in [0.1, 0.15) is 11.2 Å². The third-order valence-corrected chi connectivity index (χ3v) is 6.66. The van der Waals surface area contributed by atoms with Crippen LogP contribution in [0.2, 0.25) is 0 Å². The van der Waals surface area contributed by atoms with Crippen LogP contribution in [0.25, 0.3) is 55.4 Å². The van der Waals surface area contributed by atoms with Crippen molar-refractivity contribution in [2.24, 2.45) is 5.41 Å². The Morgan fingerprint density at radius 1 is 0.737 bits per heavy atom. The van der Waals surface area contributed by atoms with E-state index in [0.29, 0.717) is 33.2 Å². The zero-order chi connectivity index (χ0) is 33.2. The lowest BCUT2D eigenvalue weighted by atomic mass is 9.86. The van der Waals surface area contributed by atoms with Crippen molar-refractivity contribution in [1.29, 1.82) is 0 Å². The maximum absolute atomic E-state index is 8.92. The normalized spacial score (nSPS) is 16.1. The number of hydrogen-bond acceptors (Lipinski definition) is 2. The summed E-state index contributed by atoms with van der Waals surface area (Å²) in [6, 6.07) is 28.3. The minimum atomic E-state index is -2.57. The molecule has 0 amide bonds. The monoisotopic (exact) mass is 503 g/mol. The topological polar surface area (TPSA) is 26.0 Å². The molecule has 0 saturated carbocycles. The minimum absolute atomic E-state index is 0.0301. The highest BCUT2D eigenvalue weighted by Gasteiger charge is 2.18. The fraction of sp³-hybridized carbons (Fsp3) is 0.194. The summed E-state index contributed by atoms with van der Waals surface area (Å²) in [7, 11) is 0. The van der Waals surface area contributed by atoms with E-state index in [9.17, 15) is 0 Å². The van der Waals surface area contributed by atoms with Gasteiger partial charge in [-0.15, -0.1) is 0 Å². The maximum Gasteiger partial charge on any atom is 0.144 e. The SMILES string of the molecule is [2H]C([2H])([2H])c1cnc(-c2cccc3c2oc2c(C([2H])([2H])[2H])c(-c4ccc(-c5ccccc5)cc4)ccc23)cc1C([2H])([2H])C(C)(C)C. The van der Waals surface area contributed by atoms with Crippen LogP contribution < -0.4 is 0 Å². The molecule has 0 aliphatic heterocycles. The second-order valence-corrected chi connectivity index (χ2v) is 10.6. The van der Waals surface area contributed by atoms with Crippen molar-refractivity contribution >= 4 is 21.9 Å². The summed E-state index contributed by atoms with van der Waals surface area (Å²) < 4.78 is 74.0. The fourth-order valence-electron chi connectivity index (χ4n) is 4.89. The van der Waals surface area contributed by atoms with Gasteiger partial charge in [0.05, 0.1) is 5.69 Å². The molecule has 0 unspecified atom stereocenters. The quantitative estimate of drug-likeness (QED) is 0.239. The molecule has 0 radical (unpaired) electrons. The molecule has 2 heterocycles. The molecule has 188 valence electrons. The molecule has 0 atom stereocenters. The number of benzene rings is 4. The Morgan fingerprint density at radius 3 is 2.21 bits per heavy atom. The van der Waals surface area contributed by atoms with Crippen LogP contribution in [0.4, 0.5) is 0 Å². The van der Waals surface area contributed by atoms with Gasteiger partial charge in [-0.25, -0.2) is 0 Å². The van der Waals surface area contributed by atoms with Crippen LogP contribution in [0.3, 0.4) is 0 Å². The first-order valence-electron chi connectivity index (χ1n) is 16.6. The number of aryl methyl sites for hydroxylation is 2. The number of hydrogen-bond donors (Lipinski definition) is 0. The Labute approximate surface area is 236 Å². The molecule has 2 heteroatoms. The predicted octanol–water partition coefficient (Wildman–Crippen LogP) is 10.2. The first kappa shape index (κ1) is 16.6. The summed E-state index contributed by atoms with van der Waals surface area (Å²) >= 11 is 0. The lowest BCUT2D eigenvalue weighted by molar-refractivity contribution is 0.410. The van der Waals surface area contributed by atoms with Crippen LogP contribution in [-0.2, 0) is 6.37 Å². The Morgan fingerprint density at radius 2 is 1.47 bits per heavy atom. The van der Waals surface area contributed by atoms with E-state index in [1.807, 2.05) is 72.8 Å². The van der Waals surface area contributed by atoms with Gasteiger partial charge in [0, 0.05) is 39.1 Å². The summed E-state index contributed by atoms with van der Waals surface area (Å²) in [5, 5.41) is 1.29. The van der Waals surface area contributed by atoms with E-state index in [1.165, 1.54) is 12.3 Å². The standard InChI is InChI=1S/C36H33NO/c1-23-22-37-33(20-28(23)21-36(3,4)5)32-13-9-12-30-31-19-18-29(24(2)34(31)38-35(30)32)27-16-14-26(15-17-27)25-10-7-6-8-11-25/h6-20,22H,21H2,1-5H3/i1D3,2D3,21D2. The van der Waals surface area contributed by atoms with E-state index >= 15 is 0 Å². The van der Waals surface area contributed by atoms with Crippen molar-refractivity contribution in [3.63, 3.8) is 0 Å². The molecular weight excluding hydrogens is 462 g/mol. The van der Waals surface area contributed by atoms with Crippen LogP contribution in [0.5, 0.6) is 0 Å². The fourth-order valence-corrected chi connectivity index (χ4v) is 4.89. The van der Waals surface area contributed by atoms with Gasteiger partial charge in [-0.3, -0.25) is 4.98 Å². The summed E-state index contributed by atoms with van der Waals surface area (Å²) in [6.45, 7) is 0.0875. The Balaban J connectivity index is 1.56. The number of pyridine rings is 1. The van der Waals surface area contributed by atoms with Crippen molar-refractivity contribution in [3.05, 3.63) is 114 Å². The Kier molecular flexibility index (Phi) is 4.07. The molecule has 0 spiro atoms. The van der Waals surface area contributed by atoms with E-state index in [2.05, 4.69) is 4.98 Å². The first-order valence-corrected chi connectivity index (χ1v) is 12.6. The lowest BCUT2D eigenvalue weighted by Gasteiger charge is -2.20. The molecule has 2 aromatic heterocycles. The molecule has 0 bridgehead atoms. The van der Waals surface area contributed by atoms with Crippen LogP contribution in [0, 0.1) is 19.1 Å². The second-order valence-electron chi connectivity index (χ2n) is 10.6. The molecule has 0 fully saturated rings. The van der Waals surface area contributed by atoms with Crippen LogP contribution in [0.1, 0.15) is 48.4 Å². The van der Waals surface area contributed by atoms with Crippen molar-refractivity contribution < 1.29 is 15.4 Å². The van der Waals surface area contributed by atoms with Gasteiger partial charge >= 0.3 is 0 Å². The van der Waals surface area contributed by atoms with E-state index < -0.39 is 25.5 Å². The van der Waals surface area contributed by atoms with Gasteiger partial charge < -0.3 is 4.42 Å². The second kappa shape index (κ2) is 9.29. The van der Waals surface area contributed by atoms with Crippen LogP contribution in [-0.4, -0.2) is 4.98 Å². The average molecular weight is 504 g/mol. The van der Waals surface area contributed by atoms with Gasteiger partial charge in [0.2, 0.25) is 0 Å². The number of para-hydroxylation sites is 1. The van der Waals surface area contributed by atoms with Gasteiger partial charge in [-0.1, -0.05) is 93.6 Å². The molecule has 0 aliphatic carbocycles. The van der Waals surface area contributed by atoms with E-state index in [0.717, 1.165) is 16.7 Å². The van der Waals surface area contributed by atoms with Crippen molar-refractivity contribution in [2.75, 3.05) is 0 Å². The highest BCUT2D eigenvalue weighted by atomic mass is 16.3. The lowest BCUT2D eigenvalue weighted by Crippen LogP contribution is -2.10. The van der Waals surface area contributed by atoms with Crippen molar-refractivity contribution in [1.82, 2.24) is 4.98 Å². The van der Waals surface area contributed by atoms with Crippen LogP contribution >= 0.6 is 0 Å². The molecule has 6 rings (SSSR count). The predicted molar refractivity (Wildman–Crippen MR) is 160 cm³/mol. The Bertz CT molecular complexity index is 2070. The molecule has 0 aliphatic rings. The van der Waals surface area contributed by atoms with E-state index in [1.54, 1.807) is 32.9 Å². The smallest absolute Gasteiger partial charge is 0.144 e. The van der Waals surface area contributed by atoms with Gasteiger partial charge in [-0.2, -0.15) is 0 Å². The highest BCUT2D eigenvalue weighted by molar-refractivity contribution is 6.11.